The van der Waals surface area contributed by atoms with Crippen LogP contribution in [0.25, 0.3) is 0 Å². The second kappa shape index (κ2) is 8.15. The molecule has 0 bridgehead atoms. The van der Waals surface area contributed by atoms with E-state index < -0.39 is 11.6 Å². The van der Waals surface area contributed by atoms with Crippen LogP contribution in [0.3, 0.4) is 0 Å². The summed E-state index contributed by atoms with van der Waals surface area (Å²) < 4.78 is 30.4. The highest BCUT2D eigenvalue weighted by atomic mass is 19.1. The summed E-state index contributed by atoms with van der Waals surface area (Å²) in [5.41, 5.74) is 4.42. The van der Waals surface area contributed by atoms with Crippen LogP contribution in [-0.2, 0) is 25.9 Å². The van der Waals surface area contributed by atoms with Gasteiger partial charge in [0.05, 0.1) is 6.54 Å². The summed E-state index contributed by atoms with van der Waals surface area (Å²) in [5, 5.41) is 2.93. The second-order valence-corrected chi connectivity index (χ2v) is 7.44. The first-order valence-electron chi connectivity index (χ1n) is 9.87. The summed E-state index contributed by atoms with van der Waals surface area (Å²) in [7, 11) is 0. The van der Waals surface area contributed by atoms with Crippen LogP contribution < -0.4 is 5.32 Å². The zero-order valence-corrected chi connectivity index (χ0v) is 16.3. The van der Waals surface area contributed by atoms with Crippen molar-refractivity contribution in [1.82, 2.24) is 14.9 Å². The van der Waals surface area contributed by atoms with Crippen LogP contribution in [0.1, 0.15) is 51.3 Å². The molecule has 6 heteroatoms. The molecule has 3 aromatic rings. The number of carbonyl (C=O) groups is 1. The maximum absolute atomic E-state index is 14.3. The molecule has 0 aliphatic heterocycles. The Balaban J connectivity index is 1.71. The SMILES string of the molecule is Cc1c2c(n(Cc3c(F)cccc3F)c1C(=O)NCc1cccnc1)CCCC2. The molecule has 0 saturated heterocycles. The van der Waals surface area contributed by atoms with Crippen LogP contribution in [0.2, 0.25) is 0 Å². The minimum atomic E-state index is -0.595. The van der Waals surface area contributed by atoms with Crippen molar-refractivity contribution in [2.24, 2.45) is 0 Å². The molecule has 1 aromatic carbocycles. The number of benzene rings is 1. The Hall–Kier alpha value is -3.02. The molecule has 4 rings (SSSR count). The number of aromatic nitrogens is 2. The minimum Gasteiger partial charge on any atom is -0.347 e. The largest absolute Gasteiger partial charge is 0.347 e. The first-order valence-corrected chi connectivity index (χ1v) is 9.87. The highest BCUT2D eigenvalue weighted by Gasteiger charge is 2.27. The van der Waals surface area contributed by atoms with E-state index in [1.54, 1.807) is 12.4 Å². The molecule has 0 spiro atoms. The lowest BCUT2D eigenvalue weighted by Crippen LogP contribution is -2.27. The molecule has 2 aromatic heterocycles. The monoisotopic (exact) mass is 395 g/mol. The first-order chi connectivity index (χ1) is 14.1. The maximum atomic E-state index is 14.3. The van der Waals surface area contributed by atoms with E-state index in [4.69, 9.17) is 0 Å². The van der Waals surface area contributed by atoms with Gasteiger partial charge in [-0.2, -0.15) is 0 Å². The fourth-order valence-electron chi connectivity index (χ4n) is 4.15. The smallest absolute Gasteiger partial charge is 0.268 e. The van der Waals surface area contributed by atoms with E-state index in [-0.39, 0.29) is 18.0 Å². The fourth-order valence-corrected chi connectivity index (χ4v) is 4.15. The van der Waals surface area contributed by atoms with Gasteiger partial charge in [-0.1, -0.05) is 12.1 Å². The third kappa shape index (κ3) is 3.79. The van der Waals surface area contributed by atoms with E-state index in [1.165, 1.54) is 18.2 Å². The number of hydrogen-bond acceptors (Lipinski definition) is 2. The number of nitrogens with one attached hydrogen (secondary N) is 1. The molecule has 1 aliphatic rings. The van der Waals surface area contributed by atoms with Crippen LogP contribution in [0.4, 0.5) is 8.78 Å². The van der Waals surface area contributed by atoms with Crippen molar-refractivity contribution in [3.8, 4) is 0 Å². The Morgan fingerprint density at radius 3 is 2.62 bits per heavy atom. The van der Waals surface area contributed by atoms with Gasteiger partial charge in [0.25, 0.3) is 5.91 Å². The van der Waals surface area contributed by atoms with E-state index in [9.17, 15) is 13.6 Å². The van der Waals surface area contributed by atoms with E-state index in [0.29, 0.717) is 12.2 Å². The summed E-state index contributed by atoms with van der Waals surface area (Å²) in [6.45, 7) is 2.28. The van der Waals surface area contributed by atoms with Gasteiger partial charge in [0.1, 0.15) is 17.3 Å². The van der Waals surface area contributed by atoms with Gasteiger partial charge in [0.2, 0.25) is 0 Å². The normalized spacial score (nSPS) is 13.2. The van der Waals surface area contributed by atoms with Gasteiger partial charge in [-0.25, -0.2) is 8.78 Å². The van der Waals surface area contributed by atoms with Gasteiger partial charge in [0.15, 0.2) is 0 Å². The topological polar surface area (TPSA) is 46.9 Å². The summed E-state index contributed by atoms with van der Waals surface area (Å²) in [6, 6.07) is 7.56. The van der Waals surface area contributed by atoms with Crippen LogP contribution in [0, 0.1) is 18.6 Å². The van der Waals surface area contributed by atoms with Gasteiger partial charge < -0.3 is 9.88 Å². The molecule has 0 atom stereocenters. The summed E-state index contributed by atoms with van der Waals surface area (Å²) in [5.74, 6) is -1.43. The van der Waals surface area contributed by atoms with E-state index in [2.05, 4.69) is 10.3 Å². The van der Waals surface area contributed by atoms with Gasteiger partial charge in [0, 0.05) is 30.2 Å². The lowest BCUT2D eigenvalue weighted by atomic mass is 9.95. The number of nitrogens with zero attached hydrogens (tertiary/aromatic N) is 2. The van der Waals surface area contributed by atoms with Crippen molar-refractivity contribution >= 4 is 5.91 Å². The first kappa shape index (κ1) is 19.3. The maximum Gasteiger partial charge on any atom is 0.268 e. The third-order valence-corrected chi connectivity index (χ3v) is 5.61. The van der Waals surface area contributed by atoms with Crippen LogP contribution in [-0.4, -0.2) is 15.5 Å². The molecule has 2 heterocycles. The highest BCUT2D eigenvalue weighted by molar-refractivity contribution is 5.95. The van der Waals surface area contributed by atoms with Crippen LogP contribution >= 0.6 is 0 Å². The van der Waals surface area contributed by atoms with E-state index in [0.717, 1.165) is 48.1 Å². The predicted molar refractivity (Wildman–Crippen MR) is 107 cm³/mol. The average molecular weight is 395 g/mol. The number of fused-ring (bicyclic) bond motifs is 1. The van der Waals surface area contributed by atoms with Crippen molar-refractivity contribution in [2.75, 3.05) is 0 Å². The lowest BCUT2D eigenvalue weighted by Gasteiger charge is -2.18. The fraction of sp³-hybridized carbons (Fsp3) is 0.304. The molecular formula is C23H23F2N3O. The minimum absolute atomic E-state index is 0.00429. The molecule has 4 nitrogen and oxygen atoms in total. The van der Waals surface area contributed by atoms with E-state index >= 15 is 0 Å². The molecular weight excluding hydrogens is 372 g/mol. The second-order valence-electron chi connectivity index (χ2n) is 7.44. The van der Waals surface area contributed by atoms with E-state index in [1.807, 2.05) is 23.6 Å². The number of amides is 1. The Bertz CT molecular complexity index is 1020. The third-order valence-electron chi connectivity index (χ3n) is 5.61. The zero-order chi connectivity index (χ0) is 20.4. The molecule has 1 N–H and O–H groups in total. The number of carbonyl (C=O) groups excluding carboxylic acids is 1. The Labute approximate surface area is 168 Å². The molecule has 150 valence electrons. The molecule has 0 saturated carbocycles. The van der Waals surface area contributed by atoms with Crippen molar-refractivity contribution in [2.45, 2.75) is 45.7 Å². The number of rotatable bonds is 5. The van der Waals surface area contributed by atoms with Gasteiger partial charge >= 0.3 is 0 Å². The van der Waals surface area contributed by atoms with Gasteiger partial charge in [-0.15, -0.1) is 0 Å². The number of hydrogen-bond donors (Lipinski definition) is 1. The molecule has 1 aliphatic carbocycles. The van der Waals surface area contributed by atoms with Crippen molar-refractivity contribution < 1.29 is 13.6 Å². The van der Waals surface area contributed by atoms with Crippen molar-refractivity contribution in [3.05, 3.63) is 88.0 Å². The van der Waals surface area contributed by atoms with Crippen LogP contribution in [0.15, 0.2) is 42.7 Å². The molecule has 0 fully saturated rings. The average Bonchev–Trinajstić information content (AvgIpc) is 3.02. The zero-order valence-electron chi connectivity index (χ0n) is 16.3. The van der Waals surface area contributed by atoms with Crippen molar-refractivity contribution in [1.29, 1.82) is 0 Å². The molecule has 29 heavy (non-hydrogen) atoms. The summed E-state index contributed by atoms with van der Waals surface area (Å²) in [4.78, 5) is 17.2. The number of pyridine rings is 1. The quantitative estimate of drug-likeness (QED) is 0.699. The number of halogens is 2. The van der Waals surface area contributed by atoms with Crippen molar-refractivity contribution in [3.63, 3.8) is 0 Å². The summed E-state index contributed by atoms with van der Waals surface area (Å²) in [6.07, 6.45) is 7.14. The standard InChI is InChI=1S/C23H23F2N3O/c1-15-17-7-2-3-10-21(17)28(14-18-19(24)8-4-9-20(18)25)22(15)23(29)27-13-16-6-5-11-26-12-16/h4-6,8-9,11-12H,2-3,7,10,13-14H2,1H3,(H,27,29). The predicted octanol–water partition coefficient (Wildman–Crippen LogP) is 4.33. The highest BCUT2D eigenvalue weighted by Crippen LogP contribution is 2.31. The van der Waals surface area contributed by atoms with Gasteiger partial charge in [-0.05, 0) is 67.5 Å². The summed E-state index contributed by atoms with van der Waals surface area (Å²) >= 11 is 0. The molecule has 1 amide bonds. The molecule has 0 unspecified atom stereocenters. The lowest BCUT2D eigenvalue weighted by molar-refractivity contribution is 0.0941. The Morgan fingerprint density at radius 2 is 1.90 bits per heavy atom. The Kier molecular flexibility index (Phi) is 5.43. The van der Waals surface area contributed by atoms with Gasteiger partial charge in [-0.3, -0.25) is 9.78 Å². The van der Waals surface area contributed by atoms with Crippen LogP contribution in [0.5, 0.6) is 0 Å². The molecule has 0 radical (unpaired) electrons. The Morgan fingerprint density at radius 1 is 1.14 bits per heavy atom.